The summed E-state index contributed by atoms with van der Waals surface area (Å²) in [6.07, 6.45) is 4.80. The molecule has 1 N–H and O–H groups in total. The Morgan fingerprint density at radius 2 is 2.18 bits per heavy atom. The van der Waals surface area contributed by atoms with Gasteiger partial charge in [0.05, 0.1) is 5.69 Å². The van der Waals surface area contributed by atoms with E-state index in [2.05, 4.69) is 10.3 Å². The van der Waals surface area contributed by atoms with Gasteiger partial charge in [0.1, 0.15) is 17.4 Å². The smallest absolute Gasteiger partial charge is 0.221 e. The molecule has 3 rings (SSSR count). The molecule has 0 bridgehead atoms. The minimum absolute atomic E-state index is 0.0647. The van der Waals surface area contributed by atoms with Crippen LogP contribution in [0.2, 0.25) is 0 Å². The van der Waals surface area contributed by atoms with E-state index in [0.717, 1.165) is 34.8 Å². The van der Waals surface area contributed by atoms with E-state index < -0.39 is 0 Å². The molecule has 1 amide bonds. The van der Waals surface area contributed by atoms with E-state index in [9.17, 15) is 4.79 Å². The van der Waals surface area contributed by atoms with Gasteiger partial charge in [-0.05, 0) is 56.4 Å². The summed E-state index contributed by atoms with van der Waals surface area (Å²) in [7, 11) is 0. The summed E-state index contributed by atoms with van der Waals surface area (Å²) in [6.45, 7) is 3.98. The van der Waals surface area contributed by atoms with Crippen LogP contribution in [0, 0.1) is 6.92 Å². The molecule has 1 aromatic heterocycles. The van der Waals surface area contributed by atoms with E-state index in [1.165, 1.54) is 30.3 Å². The summed E-state index contributed by atoms with van der Waals surface area (Å²) in [5.74, 6) is 0.741. The molecular weight excluding hydrogens is 296 g/mol. The van der Waals surface area contributed by atoms with Crippen LogP contribution in [0.3, 0.4) is 0 Å². The molecule has 22 heavy (non-hydrogen) atoms. The van der Waals surface area contributed by atoms with E-state index in [1.54, 1.807) is 11.3 Å². The first kappa shape index (κ1) is 15.0. The molecule has 5 heteroatoms. The molecule has 116 valence electrons. The number of carbonyl (C=O) groups is 1. The molecule has 0 saturated heterocycles. The summed E-state index contributed by atoms with van der Waals surface area (Å²) in [4.78, 5) is 17.2. The van der Waals surface area contributed by atoms with Crippen LogP contribution >= 0.6 is 11.3 Å². The summed E-state index contributed by atoms with van der Waals surface area (Å²) in [6, 6.07) is 5.70. The summed E-state index contributed by atoms with van der Waals surface area (Å²) < 4.78 is 5.85. The summed E-state index contributed by atoms with van der Waals surface area (Å²) in [5, 5.41) is 3.85. The molecule has 0 saturated carbocycles. The molecule has 1 aliphatic carbocycles. The maximum absolute atomic E-state index is 11.1. The Balaban J connectivity index is 1.65. The summed E-state index contributed by atoms with van der Waals surface area (Å²) in [5.41, 5.74) is 3.09. The molecule has 1 heterocycles. The van der Waals surface area contributed by atoms with Gasteiger partial charge in [-0.25, -0.2) is 4.98 Å². The Labute approximate surface area is 134 Å². The number of aromatic nitrogens is 1. The zero-order valence-electron chi connectivity index (χ0n) is 12.9. The first-order chi connectivity index (χ1) is 10.6. The van der Waals surface area contributed by atoms with Crippen LogP contribution in [0.1, 0.15) is 40.9 Å². The SMILES string of the molecule is CC(=O)Nc1ccc(OCc2nc3c(s2)CCCC3)cc1C. The highest BCUT2D eigenvalue weighted by Crippen LogP contribution is 2.28. The Morgan fingerprint density at radius 1 is 1.36 bits per heavy atom. The molecule has 0 aliphatic heterocycles. The van der Waals surface area contributed by atoms with Crippen molar-refractivity contribution in [2.45, 2.75) is 46.1 Å². The number of hydrogen-bond acceptors (Lipinski definition) is 4. The number of carbonyl (C=O) groups excluding carboxylic acids is 1. The Kier molecular flexibility index (Phi) is 4.43. The third kappa shape index (κ3) is 3.47. The number of benzene rings is 1. The molecule has 0 unspecified atom stereocenters. The van der Waals surface area contributed by atoms with E-state index in [1.807, 2.05) is 25.1 Å². The van der Waals surface area contributed by atoms with Crippen molar-refractivity contribution < 1.29 is 9.53 Å². The number of ether oxygens (including phenoxy) is 1. The highest BCUT2D eigenvalue weighted by molar-refractivity contribution is 7.11. The fourth-order valence-corrected chi connectivity index (χ4v) is 3.74. The van der Waals surface area contributed by atoms with E-state index >= 15 is 0 Å². The number of anilines is 1. The van der Waals surface area contributed by atoms with Gasteiger partial charge in [0.15, 0.2) is 0 Å². The third-order valence-corrected chi connectivity index (χ3v) is 4.89. The second-order valence-electron chi connectivity index (χ2n) is 5.63. The van der Waals surface area contributed by atoms with Gasteiger partial charge >= 0.3 is 0 Å². The highest BCUT2D eigenvalue weighted by atomic mass is 32.1. The molecule has 0 radical (unpaired) electrons. The third-order valence-electron chi connectivity index (χ3n) is 3.76. The minimum atomic E-state index is -0.0647. The maximum Gasteiger partial charge on any atom is 0.221 e. The van der Waals surface area contributed by atoms with Crippen LogP contribution in [-0.4, -0.2) is 10.9 Å². The number of aryl methyl sites for hydroxylation is 3. The average molecular weight is 316 g/mol. The predicted molar refractivity (Wildman–Crippen MR) is 88.6 cm³/mol. The van der Waals surface area contributed by atoms with Crippen molar-refractivity contribution >= 4 is 22.9 Å². The van der Waals surface area contributed by atoms with E-state index in [4.69, 9.17) is 4.74 Å². The van der Waals surface area contributed by atoms with Crippen LogP contribution in [0.4, 0.5) is 5.69 Å². The Hall–Kier alpha value is -1.88. The van der Waals surface area contributed by atoms with Crippen molar-refractivity contribution in [3.05, 3.63) is 39.3 Å². The average Bonchev–Trinajstić information content (AvgIpc) is 2.90. The number of nitrogens with one attached hydrogen (secondary N) is 1. The van der Waals surface area contributed by atoms with Crippen molar-refractivity contribution in [3.8, 4) is 5.75 Å². The number of amides is 1. The van der Waals surface area contributed by atoms with Gasteiger partial charge in [-0.2, -0.15) is 0 Å². The quantitative estimate of drug-likeness (QED) is 0.931. The fourth-order valence-electron chi connectivity index (χ4n) is 2.67. The Bertz CT molecular complexity index is 670. The van der Waals surface area contributed by atoms with Gasteiger partial charge in [-0.1, -0.05) is 0 Å². The predicted octanol–water partition coefficient (Wildman–Crippen LogP) is 3.87. The Morgan fingerprint density at radius 3 is 2.91 bits per heavy atom. The molecule has 1 aliphatic rings. The second-order valence-corrected chi connectivity index (χ2v) is 6.80. The normalized spacial score (nSPS) is 13.5. The van der Waals surface area contributed by atoms with Gasteiger partial charge in [-0.3, -0.25) is 4.79 Å². The van der Waals surface area contributed by atoms with E-state index in [0.29, 0.717) is 6.61 Å². The van der Waals surface area contributed by atoms with Gasteiger partial charge in [0, 0.05) is 17.5 Å². The van der Waals surface area contributed by atoms with Crippen molar-refractivity contribution in [3.63, 3.8) is 0 Å². The number of fused-ring (bicyclic) bond motifs is 1. The monoisotopic (exact) mass is 316 g/mol. The van der Waals surface area contributed by atoms with Gasteiger partial charge in [-0.15, -0.1) is 11.3 Å². The van der Waals surface area contributed by atoms with Gasteiger partial charge < -0.3 is 10.1 Å². The zero-order chi connectivity index (χ0) is 15.5. The van der Waals surface area contributed by atoms with Crippen LogP contribution < -0.4 is 10.1 Å². The topological polar surface area (TPSA) is 51.2 Å². The molecule has 0 fully saturated rings. The molecule has 1 aromatic carbocycles. The maximum atomic E-state index is 11.1. The number of hydrogen-bond donors (Lipinski definition) is 1. The molecule has 2 aromatic rings. The number of rotatable bonds is 4. The lowest BCUT2D eigenvalue weighted by Gasteiger charge is -2.09. The van der Waals surface area contributed by atoms with Crippen LogP contribution in [-0.2, 0) is 24.2 Å². The van der Waals surface area contributed by atoms with Crippen LogP contribution in [0.5, 0.6) is 5.75 Å². The number of thiazole rings is 1. The molecule has 0 atom stereocenters. The minimum Gasteiger partial charge on any atom is -0.486 e. The lowest BCUT2D eigenvalue weighted by molar-refractivity contribution is -0.114. The molecule has 0 spiro atoms. The second kappa shape index (κ2) is 6.48. The first-order valence-electron chi connectivity index (χ1n) is 7.60. The van der Waals surface area contributed by atoms with Crippen molar-refractivity contribution in [2.75, 3.05) is 5.32 Å². The standard InChI is InChI=1S/C17H20N2O2S/c1-11-9-13(7-8-14(11)18-12(2)20)21-10-17-19-15-5-3-4-6-16(15)22-17/h7-9H,3-6,10H2,1-2H3,(H,18,20). The van der Waals surface area contributed by atoms with Crippen LogP contribution in [0.15, 0.2) is 18.2 Å². The van der Waals surface area contributed by atoms with Gasteiger partial charge in [0.25, 0.3) is 0 Å². The summed E-state index contributed by atoms with van der Waals surface area (Å²) >= 11 is 1.78. The molecule has 4 nitrogen and oxygen atoms in total. The van der Waals surface area contributed by atoms with Gasteiger partial charge in [0.2, 0.25) is 5.91 Å². The lowest BCUT2D eigenvalue weighted by Crippen LogP contribution is -2.07. The number of nitrogens with zero attached hydrogens (tertiary/aromatic N) is 1. The molecular formula is C17H20N2O2S. The van der Waals surface area contributed by atoms with Crippen molar-refractivity contribution in [1.82, 2.24) is 4.98 Å². The highest BCUT2D eigenvalue weighted by Gasteiger charge is 2.15. The largest absolute Gasteiger partial charge is 0.486 e. The van der Waals surface area contributed by atoms with Crippen molar-refractivity contribution in [1.29, 1.82) is 0 Å². The zero-order valence-corrected chi connectivity index (χ0v) is 13.8. The van der Waals surface area contributed by atoms with Crippen molar-refractivity contribution in [2.24, 2.45) is 0 Å². The lowest BCUT2D eigenvalue weighted by atomic mass is 10.0. The fraction of sp³-hybridized carbons (Fsp3) is 0.412. The van der Waals surface area contributed by atoms with E-state index in [-0.39, 0.29) is 5.91 Å². The van der Waals surface area contributed by atoms with Crippen LogP contribution in [0.25, 0.3) is 0 Å². The first-order valence-corrected chi connectivity index (χ1v) is 8.42.